The molecule has 91 heavy (non-hydrogen) atoms. The van der Waals surface area contributed by atoms with Crippen molar-refractivity contribution in [2.45, 2.75) is 243 Å². The number of carbonyl (C=O) groups is 9. The van der Waals surface area contributed by atoms with Gasteiger partial charge in [-0.1, -0.05) is 220 Å². The van der Waals surface area contributed by atoms with Crippen molar-refractivity contribution in [1.29, 1.82) is 0 Å². The maximum Gasteiger partial charge on any atom is 0.328 e. The van der Waals surface area contributed by atoms with Crippen molar-refractivity contribution in [2.24, 2.45) is 93.7 Å². The van der Waals surface area contributed by atoms with Gasteiger partial charge in [0.15, 0.2) is 5.78 Å². The molecular formula is C75H126ClN3O12. The van der Waals surface area contributed by atoms with Crippen LogP contribution in [0.4, 0.5) is 0 Å². The first-order valence-electron chi connectivity index (χ1n) is 33.7. The molecule has 0 saturated heterocycles. The molecule has 0 aromatic heterocycles. The lowest BCUT2D eigenvalue weighted by Gasteiger charge is -2.29. The van der Waals surface area contributed by atoms with Crippen LogP contribution in [0.2, 0.25) is 0 Å². The van der Waals surface area contributed by atoms with Gasteiger partial charge in [-0.3, -0.25) is 33.6 Å². The number of benzene rings is 2. The van der Waals surface area contributed by atoms with Gasteiger partial charge in [-0.05, 0) is 120 Å². The van der Waals surface area contributed by atoms with Crippen LogP contribution in [0.15, 0.2) is 60.7 Å². The summed E-state index contributed by atoms with van der Waals surface area (Å²) in [5.74, 6) is -2.85. The van der Waals surface area contributed by atoms with E-state index >= 15 is 0 Å². The zero-order valence-electron chi connectivity index (χ0n) is 61.0. The number of ether oxygens (including phenoxy) is 2. The smallest absolute Gasteiger partial charge is 0.328 e. The standard InChI is InChI=1S/C28H44N2O5.C23H35NO4.C18H35ClO.C6H12O2/c1-9-35-28(34)23(15-21-13-11-10-12-14-21)29-27(33)22(18(4)5)16-24(31)25(19(6)7)30-26(32)20(8)17(2)3;1-7-28-23(27)20(13-18-11-9-8-10-12-18)24-22(26)19(16(4)5)14-21(25)17(6)15(2)3;1-13(11-17(3,4)5)9-10-15(16(19)20)14(2)12-18(6,7)8;1-4(2)5(3)6(7)8/h10-14,17-20,22-23,25H,9,15-16H2,1-8H3,(H,29,33)(H,30,32);8-12,15-17,19-20H,7,13-14H2,1-6H3,(H,24,26);13-15H,9-12H2,1-8H3;4-5H,1-3H3,(H,7,8)/t20-,22-,23-,25-;17-,19-,20-;;5-/m00.0/s1. The summed E-state index contributed by atoms with van der Waals surface area (Å²) < 4.78 is 10.3. The number of halogens is 1. The summed E-state index contributed by atoms with van der Waals surface area (Å²) in [7, 11) is 0. The Bertz CT molecular complexity index is 2460. The quantitative estimate of drug-likeness (QED) is 0.0379. The fourth-order valence-electron chi connectivity index (χ4n) is 10.3. The molecule has 15 nitrogen and oxygen atoms in total. The number of carboxylic acids is 1. The number of carbonyl (C=O) groups excluding carboxylic acids is 8. The van der Waals surface area contributed by atoms with Gasteiger partial charge in [-0.25, -0.2) is 9.59 Å². The van der Waals surface area contributed by atoms with Crippen LogP contribution in [0.3, 0.4) is 0 Å². The molecule has 2 aromatic rings. The molecule has 0 aliphatic heterocycles. The maximum atomic E-state index is 13.3. The first-order valence-corrected chi connectivity index (χ1v) is 34.1. The zero-order valence-corrected chi connectivity index (χ0v) is 61.7. The third kappa shape index (κ3) is 37.8. The van der Waals surface area contributed by atoms with Crippen LogP contribution in [0.25, 0.3) is 0 Å². The molecular weight excluding hydrogens is 1170 g/mol. The van der Waals surface area contributed by atoms with E-state index in [-0.39, 0.29) is 125 Å². The minimum absolute atomic E-state index is 0.0112. The number of hydrogen-bond donors (Lipinski definition) is 4. The Morgan fingerprint density at radius 1 is 0.451 bits per heavy atom. The summed E-state index contributed by atoms with van der Waals surface area (Å²) >= 11 is 5.85. The fourth-order valence-corrected chi connectivity index (χ4v) is 10.7. The lowest BCUT2D eigenvalue weighted by molar-refractivity contribution is -0.148. The molecule has 0 aliphatic carbocycles. The number of carboxylic acid groups (broad SMARTS) is 1. The molecule has 0 bridgehead atoms. The van der Waals surface area contributed by atoms with E-state index in [4.69, 9.17) is 26.2 Å². The second-order valence-electron chi connectivity index (χ2n) is 29.8. The summed E-state index contributed by atoms with van der Waals surface area (Å²) in [5.41, 5.74) is 2.44. The Morgan fingerprint density at radius 2 is 0.824 bits per heavy atom. The average Bonchev–Trinajstić information content (AvgIpc) is 1.14. The minimum Gasteiger partial charge on any atom is -0.481 e. The van der Waals surface area contributed by atoms with Gasteiger partial charge in [-0.15, -0.1) is 0 Å². The molecule has 0 fully saturated rings. The molecule has 520 valence electrons. The SMILES string of the molecule is CC(C)[C@H](C)C(=O)O.CC(CCC(C(=O)Cl)C(C)CC(C)(C)C)CC(C)(C)C.CCOC(=O)[C@H](Cc1ccccc1)NC(=O)[C@@H](CC(=O)[C@@H](C)C(C)C)C(C)C.CCOC(=O)[C@H](Cc1ccccc1)NC(=O)[C@@H](CC(=O)[C@@H](NC(=O)[C@@H](C)C(C)C)C(C)C)C(C)C. The first kappa shape index (κ1) is 87.6. The van der Waals surface area contributed by atoms with Gasteiger partial charge in [0.25, 0.3) is 0 Å². The Morgan fingerprint density at radius 3 is 1.12 bits per heavy atom. The van der Waals surface area contributed by atoms with Crippen LogP contribution in [0.5, 0.6) is 0 Å². The summed E-state index contributed by atoms with van der Waals surface area (Å²) in [6.07, 6.45) is 5.07. The average molecular weight is 1300 g/mol. The fraction of sp³-hybridized carbons (Fsp3) is 0.720. The van der Waals surface area contributed by atoms with E-state index in [1.807, 2.05) is 158 Å². The number of rotatable bonds is 34. The van der Waals surface area contributed by atoms with Gasteiger partial charge in [0, 0.05) is 55.3 Å². The molecule has 0 spiro atoms. The van der Waals surface area contributed by atoms with Gasteiger partial charge in [-0.2, -0.15) is 0 Å². The highest BCUT2D eigenvalue weighted by Gasteiger charge is 2.36. The third-order valence-electron chi connectivity index (χ3n) is 16.9. The summed E-state index contributed by atoms with van der Waals surface area (Å²) in [4.78, 5) is 112. The van der Waals surface area contributed by atoms with Crippen molar-refractivity contribution in [1.82, 2.24) is 16.0 Å². The molecule has 0 saturated carbocycles. The number of ketones is 2. The van der Waals surface area contributed by atoms with E-state index in [1.54, 1.807) is 20.8 Å². The molecule has 2 rings (SSSR count). The van der Waals surface area contributed by atoms with Crippen LogP contribution in [0, 0.1) is 93.7 Å². The van der Waals surface area contributed by atoms with E-state index in [0.29, 0.717) is 30.1 Å². The van der Waals surface area contributed by atoms with Crippen LogP contribution < -0.4 is 16.0 Å². The van der Waals surface area contributed by atoms with Crippen LogP contribution in [-0.2, 0) is 65.5 Å². The van der Waals surface area contributed by atoms with E-state index in [2.05, 4.69) is 71.3 Å². The molecule has 3 unspecified atom stereocenters. The predicted molar refractivity (Wildman–Crippen MR) is 370 cm³/mol. The number of hydrogen-bond acceptors (Lipinski definition) is 11. The monoisotopic (exact) mass is 1300 g/mol. The Balaban J connectivity index is 0. The van der Waals surface area contributed by atoms with E-state index in [9.17, 15) is 43.2 Å². The predicted octanol–water partition coefficient (Wildman–Crippen LogP) is 15.4. The molecule has 2 aromatic carbocycles. The summed E-state index contributed by atoms with van der Waals surface area (Å²) in [6, 6.07) is 16.6. The van der Waals surface area contributed by atoms with Gasteiger partial charge in [0.1, 0.15) is 17.9 Å². The third-order valence-corrected chi connectivity index (χ3v) is 17.2. The molecule has 11 atom stereocenters. The molecule has 0 radical (unpaired) electrons. The highest BCUT2D eigenvalue weighted by atomic mass is 35.5. The number of Topliss-reactive ketones (excluding diaryl/α,β-unsaturated/α-hetero) is 2. The largest absolute Gasteiger partial charge is 0.481 e. The first-order chi connectivity index (χ1) is 41.9. The van der Waals surface area contributed by atoms with Gasteiger partial charge in [0.2, 0.25) is 23.0 Å². The molecule has 0 heterocycles. The van der Waals surface area contributed by atoms with Crippen molar-refractivity contribution in [3.63, 3.8) is 0 Å². The second kappa shape index (κ2) is 44.2. The Kier molecular flexibility index (Phi) is 42.6. The lowest BCUT2D eigenvalue weighted by Crippen LogP contribution is -2.50. The van der Waals surface area contributed by atoms with Gasteiger partial charge in [0.05, 0.1) is 25.2 Å². The highest BCUT2D eigenvalue weighted by Crippen LogP contribution is 2.35. The van der Waals surface area contributed by atoms with Crippen LogP contribution in [0.1, 0.15) is 223 Å². The summed E-state index contributed by atoms with van der Waals surface area (Å²) in [6.45, 7) is 50.4. The Labute approximate surface area is 556 Å². The molecule has 3 amide bonds. The van der Waals surface area contributed by atoms with Crippen molar-refractivity contribution < 1.29 is 57.7 Å². The van der Waals surface area contributed by atoms with E-state index in [1.165, 1.54) is 6.42 Å². The lowest BCUT2D eigenvalue weighted by atomic mass is 9.76. The second-order valence-corrected chi connectivity index (χ2v) is 30.2. The zero-order chi connectivity index (χ0) is 70.8. The topological polar surface area (TPSA) is 228 Å². The molecule has 4 N–H and O–H groups in total. The Hall–Kier alpha value is -5.44. The molecule has 16 heteroatoms. The van der Waals surface area contributed by atoms with Gasteiger partial charge >= 0.3 is 17.9 Å². The van der Waals surface area contributed by atoms with E-state index in [0.717, 1.165) is 30.4 Å². The number of esters is 2. The number of amides is 3. The normalized spacial score (nSPS) is 15.3. The number of nitrogens with one attached hydrogen (secondary N) is 3. The van der Waals surface area contributed by atoms with Gasteiger partial charge < -0.3 is 30.5 Å². The van der Waals surface area contributed by atoms with Crippen LogP contribution in [-0.4, -0.2) is 88.9 Å². The van der Waals surface area contributed by atoms with Crippen molar-refractivity contribution in [2.75, 3.05) is 13.2 Å². The van der Waals surface area contributed by atoms with Crippen LogP contribution >= 0.6 is 11.6 Å². The van der Waals surface area contributed by atoms with Crippen molar-refractivity contribution >= 4 is 64.0 Å². The van der Waals surface area contributed by atoms with Crippen molar-refractivity contribution in [3.8, 4) is 0 Å². The molecule has 0 aliphatic rings. The van der Waals surface area contributed by atoms with E-state index < -0.39 is 47.9 Å². The maximum absolute atomic E-state index is 13.3. The minimum atomic E-state index is -0.853. The highest BCUT2D eigenvalue weighted by molar-refractivity contribution is 6.64. The van der Waals surface area contributed by atoms with Crippen molar-refractivity contribution in [3.05, 3.63) is 71.8 Å². The number of aliphatic carboxylic acids is 1. The summed E-state index contributed by atoms with van der Waals surface area (Å²) in [5, 5.41) is 16.8.